The Morgan fingerprint density at radius 2 is 1.55 bits per heavy atom. The molecule has 2 aromatic rings. The van der Waals surface area contributed by atoms with Crippen LogP contribution in [0.15, 0.2) is 60.7 Å². The molecule has 3 amide bonds. The van der Waals surface area contributed by atoms with Gasteiger partial charge in [0.2, 0.25) is 17.7 Å². The van der Waals surface area contributed by atoms with E-state index in [0.29, 0.717) is 25.8 Å². The zero-order chi connectivity index (χ0) is 26.9. The average molecular weight is 521 g/mol. The van der Waals surface area contributed by atoms with E-state index in [0.717, 1.165) is 30.5 Å². The monoisotopic (exact) mass is 520 g/mol. The quantitative estimate of drug-likeness (QED) is 0.357. The summed E-state index contributed by atoms with van der Waals surface area (Å²) in [5, 5.41) is 18.7. The Labute approximate surface area is 223 Å². The Hall–Kier alpha value is -3.72. The first-order valence-corrected chi connectivity index (χ1v) is 13.3. The summed E-state index contributed by atoms with van der Waals surface area (Å²) in [5.74, 6) is -1.93. The molecule has 2 saturated heterocycles. The van der Waals surface area contributed by atoms with Crippen LogP contribution in [0.4, 0.5) is 0 Å². The van der Waals surface area contributed by atoms with Crippen molar-refractivity contribution in [2.45, 2.75) is 69.1 Å². The third-order valence-electron chi connectivity index (χ3n) is 7.22. The van der Waals surface area contributed by atoms with Crippen LogP contribution in [0.1, 0.15) is 43.2 Å². The number of carboxylic acid groups (broad SMARTS) is 1. The predicted molar refractivity (Wildman–Crippen MR) is 142 cm³/mol. The van der Waals surface area contributed by atoms with E-state index in [1.54, 1.807) is 0 Å². The predicted octanol–water partition coefficient (Wildman–Crippen LogP) is 1.66. The van der Waals surface area contributed by atoms with Crippen molar-refractivity contribution < 1.29 is 24.3 Å². The van der Waals surface area contributed by atoms with Crippen LogP contribution in [0.3, 0.4) is 0 Å². The molecule has 4 atom stereocenters. The zero-order valence-electron chi connectivity index (χ0n) is 21.5. The summed E-state index contributed by atoms with van der Waals surface area (Å²) in [6.07, 6.45) is 3.40. The van der Waals surface area contributed by atoms with Crippen LogP contribution in [0.2, 0.25) is 0 Å². The second-order valence-corrected chi connectivity index (χ2v) is 10.1. The van der Waals surface area contributed by atoms with E-state index in [-0.39, 0.29) is 30.7 Å². The second kappa shape index (κ2) is 13.2. The summed E-state index contributed by atoms with van der Waals surface area (Å²) in [6.45, 7) is 1.14. The van der Waals surface area contributed by atoms with Gasteiger partial charge in [-0.3, -0.25) is 14.4 Å². The number of nitrogens with zero attached hydrogens (tertiary/aromatic N) is 1. The van der Waals surface area contributed by atoms with Crippen LogP contribution >= 0.6 is 0 Å². The lowest BCUT2D eigenvalue weighted by molar-refractivity contribution is -0.149. The third-order valence-corrected chi connectivity index (χ3v) is 7.22. The molecule has 0 radical (unpaired) electrons. The highest BCUT2D eigenvalue weighted by molar-refractivity contribution is 5.91. The summed E-state index contributed by atoms with van der Waals surface area (Å²) in [4.78, 5) is 52.8. The van der Waals surface area contributed by atoms with Gasteiger partial charge in [0.15, 0.2) is 0 Å². The molecule has 2 aliphatic rings. The lowest BCUT2D eigenvalue weighted by Crippen LogP contribution is -2.54. The van der Waals surface area contributed by atoms with Gasteiger partial charge in [-0.05, 0) is 49.8 Å². The van der Waals surface area contributed by atoms with Crippen LogP contribution in [-0.2, 0) is 32.0 Å². The van der Waals surface area contributed by atoms with E-state index in [4.69, 9.17) is 0 Å². The van der Waals surface area contributed by atoms with E-state index in [9.17, 15) is 24.3 Å². The van der Waals surface area contributed by atoms with Crippen LogP contribution in [0.25, 0.3) is 0 Å². The van der Waals surface area contributed by atoms with E-state index in [1.807, 2.05) is 60.7 Å². The third kappa shape index (κ3) is 7.41. The molecule has 0 aromatic heterocycles. The Bertz CT molecular complexity index is 1100. The number of carbonyl (C=O) groups excluding carboxylic acids is 3. The summed E-state index contributed by atoms with van der Waals surface area (Å²) >= 11 is 0. The first-order valence-electron chi connectivity index (χ1n) is 13.3. The molecular weight excluding hydrogens is 484 g/mol. The number of carbonyl (C=O) groups is 4. The summed E-state index contributed by atoms with van der Waals surface area (Å²) in [5.41, 5.74) is 1.85. The number of hydrogen-bond donors (Lipinski definition) is 4. The molecule has 2 fully saturated rings. The Morgan fingerprint density at radius 1 is 0.895 bits per heavy atom. The van der Waals surface area contributed by atoms with Crippen molar-refractivity contribution in [3.05, 3.63) is 71.8 Å². The highest BCUT2D eigenvalue weighted by atomic mass is 16.4. The van der Waals surface area contributed by atoms with Crippen molar-refractivity contribution >= 4 is 23.7 Å². The van der Waals surface area contributed by atoms with Crippen LogP contribution in [0.5, 0.6) is 0 Å². The molecule has 9 nitrogen and oxygen atoms in total. The number of carboxylic acids is 1. The molecule has 0 saturated carbocycles. The average Bonchev–Trinajstić information content (AvgIpc) is 3.62. The van der Waals surface area contributed by atoms with Crippen molar-refractivity contribution in [1.29, 1.82) is 0 Å². The lowest BCUT2D eigenvalue weighted by atomic mass is 10.0. The lowest BCUT2D eigenvalue weighted by Gasteiger charge is -2.28. The molecule has 9 heteroatoms. The SMILES string of the molecule is O=C(C[C@H](Cc1ccccc1)NC(=O)[C@@H]1CCCN1)N[C@@H](Cc1ccccc1)C(=O)N1CCC[C@H]1C(=O)O. The zero-order valence-corrected chi connectivity index (χ0v) is 21.5. The number of hydrogen-bond acceptors (Lipinski definition) is 5. The second-order valence-electron chi connectivity index (χ2n) is 10.1. The summed E-state index contributed by atoms with van der Waals surface area (Å²) in [7, 11) is 0. The van der Waals surface area contributed by atoms with Gasteiger partial charge in [-0.2, -0.15) is 0 Å². The molecule has 2 heterocycles. The smallest absolute Gasteiger partial charge is 0.326 e. The van der Waals surface area contributed by atoms with E-state index in [2.05, 4.69) is 16.0 Å². The fourth-order valence-corrected chi connectivity index (χ4v) is 5.30. The largest absolute Gasteiger partial charge is 0.480 e. The number of amides is 3. The number of likely N-dealkylation sites (tertiary alicyclic amines) is 1. The minimum atomic E-state index is -1.04. The van der Waals surface area contributed by atoms with Gasteiger partial charge in [-0.1, -0.05) is 60.7 Å². The fraction of sp³-hybridized carbons (Fsp3) is 0.448. The maximum absolute atomic E-state index is 13.5. The van der Waals surface area contributed by atoms with Gasteiger partial charge in [0.1, 0.15) is 12.1 Å². The van der Waals surface area contributed by atoms with Gasteiger partial charge in [-0.25, -0.2) is 4.79 Å². The molecule has 202 valence electrons. The topological polar surface area (TPSA) is 128 Å². The highest BCUT2D eigenvalue weighted by Gasteiger charge is 2.38. The molecule has 0 unspecified atom stereocenters. The fourth-order valence-electron chi connectivity index (χ4n) is 5.30. The highest BCUT2D eigenvalue weighted by Crippen LogP contribution is 2.20. The number of aliphatic carboxylic acids is 1. The Balaban J connectivity index is 1.48. The van der Waals surface area contributed by atoms with Gasteiger partial charge >= 0.3 is 5.97 Å². The molecule has 0 bridgehead atoms. The minimum absolute atomic E-state index is 0.00567. The van der Waals surface area contributed by atoms with Crippen LogP contribution in [0, 0.1) is 0 Å². The van der Waals surface area contributed by atoms with Gasteiger partial charge in [0.05, 0.1) is 6.04 Å². The molecule has 2 aromatic carbocycles. The molecule has 4 rings (SSSR count). The summed E-state index contributed by atoms with van der Waals surface area (Å²) < 4.78 is 0. The van der Waals surface area contributed by atoms with Crippen molar-refractivity contribution in [3.63, 3.8) is 0 Å². The van der Waals surface area contributed by atoms with Crippen LogP contribution in [-0.4, -0.2) is 71.0 Å². The van der Waals surface area contributed by atoms with Gasteiger partial charge in [0.25, 0.3) is 0 Å². The Morgan fingerprint density at radius 3 is 2.16 bits per heavy atom. The minimum Gasteiger partial charge on any atom is -0.480 e. The maximum Gasteiger partial charge on any atom is 0.326 e. The van der Waals surface area contributed by atoms with Crippen molar-refractivity contribution in [2.24, 2.45) is 0 Å². The molecule has 0 aliphatic carbocycles. The normalized spacial score (nSPS) is 20.5. The molecular formula is C29H36N4O5. The molecule has 0 spiro atoms. The van der Waals surface area contributed by atoms with E-state index in [1.165, 1.54) is 4.90 Å². The standard InChI is InChI=1S/C29H36N4O5/c34-26(19-22(17-20-9-3-1-4-10-20)31-27(35)23-13-7-15-30-23)32-24(18-21-11-5-2-6-12-21)28(36)33-16-8-14-25(33)29(37)38/h1-6,9-12,22-25,30H,7-8,13-19H2,(H,31,35)(H,32,34)(H,37,38)/t22-,23-,24-,25-/m0/s1. The molecule has 2 aliphatic heterocycles. The van der Waals surface area contributed by atoms with Gasteiger partial charge < -0.3 is 26.0 Å². The number of benzene rings is 2. The maximum atomic E-state index is 13.5. The van der Waals surface area contributed by atoms with Crippen molar-refractivity contribution in [2.75, 3.05) is 13.1 Å². The first-order chi connectivity index (χ1) is 18.4. The summed E-state index contributed by atoms with van der Waals surface area (Å²) in [6, 6.07) is 16.4. The number of rotatable bonds is 11. The first kappa shape index (κ1) is 27.3. The van der Waals surface area contributed by atoms with Crippen molar-refractivity contribution in [1.82, 2.24) is 20.9 Å². The van der Waals surface area contributed by atoms with E-state index < -0.39 is 30.0 Å². The number of nitrogens with one attached hydrogen (secondary N) is 3. The van der Waals surface area contributed by atoms with E-state index >= 15 is 0 Å². The Kier molecular flexibility index (Phi) is 9.48. The van der Waals surface area contributed by atoms with Crippen LogP contribution < -0.4 is 16.0 Å². The van der Waals surface area contributed by atoms with Gasteiger partial charge in [0, 0.05) is 25.4 Å². The van der Waals surface area contributed by atoms with Crippen molar-refractivity contribution in [3.8, 4) is 0 Å². The molecule has 38 heavy (non-hydrogen) atoms. The van der Waals surface area contributed by atoms with Gasteiger partial charge in [-0.15, -0.1) is 0 Å². The molecule has 4 N–H and O–H groups in total.